The van der Waals surface area contributed by atoms with Crippen LogP contribution in [0.5, 0.6) is 0 Å². The number of rotatable bonds is 4. The SMILES string of the molecule is CC.CC(C)O.CCCCC(C)CC. The second kappa shape index (κ2) is 18.7. The third-order valence-electron chi connectivity index (χ3n) is 1.75. The highest BCUT2D eigenvalue weighted by Gasteiger charge is 1.94. The number of aliphatic hydroxyl groups is 1. The van der Waals surface area contributed by atoms with Crippen LogP contribution in [0.3, 0.4) is 0 Å². The van der Waals surface area contributed by atoms with Gasteiger partial charge in [0.25, 0.3) is 0 Å². The van der Waals surface area contributed by atoms with Crippen LogP contribution in [0.25, 0.3) is 0 Å². The Hall–Kier alpha value is -0.0400. The van der Waals surface area contributed by atoms with Crippen molar-refractivity contribution in [2.75, 3.05) is 0 Å². The van der Waals surface area contributed by atoms with Gasteiger partial charge < -0.3 is 5.11 Å². The Bertz CT molecular complexity index is 66.9. The lowest BCUT2D eigenvalue weighted by molar-refractivity contribution is 0.216. The largest absolute Gasteiger partial charge is 0.394 e. The molecule has 0 heterocycles. The van der Waals surface area contributed by atoms with E-state index in [9.17, 15) is 0 Å². The topological polar surface area (TPSA) is 20.2 Å². The molecule has 1 N–H and O–H groups in total. The van der Waals surface area contributed by atoms with Gasteiger partial charge in [-0.1, -0.05) is 60.3 Å². The maximum absolute atomic E-state index is 8.06. The van der Waals surface area contributed by atoms with Gasteiger partial charge in [-0.05, 0) is 19.8 Å². The lowest BCUT2D eigenvalue weighted by Gasteiger charge is -2.04. The van der Waals surface area contributed by atoms with Crippen molar-refractivity contribution in [3.05, 3.63) is 0 Å². The molecule has 1 nitrogen and oxygen atoms in total. The zero-order valence-corrected chi connectivity index (χ0v) is 11.4. The molecule has 0 spiro atoms. The molecule has 0 radical (unpaired) electrons. The first-order valence-electron chi connectivity index (χ1n) is 6.22. The van der Waals surface area contributed by atoms with Gasteiger partial charge in [-0.2, -0.15) is 0 Å². The van der Waals surface area contributed by atoms with Crippen LogP contribution >= 0.6 is 0 Å². The maximum Gasteiger partial charge on any atom is 0.0483 e. The molecule has 0 saturated heterocycles. The number of aliphatic hydroxyl groups excluding tert-OH is 1. The fourth-order valence-corrected chi connectivity index (χ4v) is 0.757. The van der Waals surface area contributed by atoms with E-state index in [2.05, 4.69) is 20.8 Å². The molecular formula is C13H32O. The van der Waals surface area contributed by atoms with Crippen molar-refractivity contribution < 1.29 is 5.11 Å². The molecule has 1 unspecified atom stereocenters. The first-order chi connectivity index (χ1) is 6.54. The van der Waals surface area contributed by atoms with E-state index in [0.29, 0.717) is 0 Å². The molecular weight excluding hydrogens is 172 g/mol. The van der Waals surface area contributed by atoms with E-state index >= 15 is 0 Å². The normalized spacial score (nSPS) is 10.9. The minimum atomic E-state index is -0.167. The summed E-state index contributed by atoms with van der Waals surface area (Å²) < 4.78 is 0. The Morgan fingerprint density at radius 1 is 1.00 bits per heavy atom. The summed E-state index contributed by atoms with van der Waals surface area (Å²) in [6.45, 7) is 14.3. The van der Waals surface area contributed by atoms with Crippen LogP contribution < -0.4 is 0 Å². The molecule has 0 amide bonds. The molecule has 0 saturated carbocycles. The van der Waals surface area contributed by atoms with E-state index in [1.165, 1.54) is 25.7 Å². The minimum Gasteiger partial charge on any atom is -0.394 e. The second-order valence-corrected chi connectivity index (χ2v) is 3.75. The molecule has 1 atom stereocenters. The molecule has 0 aromatic carbocycles. The third kappa shape index (κ3) is 40.4. The Morgan fingerprint density at radius 3 is 1.57 bits per heavy atom. The molecule has 0 aliphatic heterocycles. The highest BCUT2D eigenvalue weighted by molar-refractivity contribution is 4.47. The van der Waals surface area contributed by atoms with E-state index in [-0.39, 0.29) is 6.10 Å². The van der Waals surface area contributed by atoms with Crippen molar-refractivity contribution in [2.24, 2.45) is 5.92 Å². The summed E-state index contributed by atoms with van der Waals surface area (Å²) in [5, 5.41) is 8.06. The van der Waals surface area contributed by atoms with Crippen molar-refractivity contribution in [1.82, 2.24) is 0 Å². The van der Waals surface area contributed by atoms with Crippen LogP contribution in [0, 0.1) is 5.92 Å². The summed E-state index contributed by atoms with van der Waals surface area (Å²) in [5.74, 6) is 0.954. The van der Waals surface area contributed by atoms with Gasteiger partial charge in [0.15, 0.2) is 0 Å². The van der Waals surface area contributed by atoms with Crippen LogP contribution in [0.15, 0.2) is 0 Å². The van der Waals surface area contributed by atoms with Gasteiger partial charge in [0.1, 0.15) is 0 Å². The number of hydrogen-bond donors (Lipinski definition) is 1. The fraction of sp³-hybridized carbons (Fsp3) is 1.00. The van der Waals surface area contributed by atoms with Crippen LogP contribution in [0.4, 0.5) is 0 Å². The zero-order valence-electron chi connectivity index (χ0n) is 11.4. The molecule has 1 heteroatoms. The van der Waals surface area contributed by atoms with Gasteiger partial charge in [0.2, 0.25) is 0 Å². The van der Waals surface area contributed by atoms with Crippen LogP contribution in [-0.2, 0) is 0 Å². The third-order valence-corrected chi connectivity index (χ3v) is 1.75. The zero-order chi connectivity index (χ0) is 12.0. The van der Waals surface area contributed by atoms with Gasteiger partial charge in [0, 0.05) is 6.10 Å². The fourth-order valence-electron chi connectivity index (χ4n) is 0.757. The van der Waals surface area contributed by atoms with Crippen molar-refractivity contribution in [2.45, 2.75) is 80.3 Å². The Kier molecular flexibility index (Phi) is 26.1. The molecule has 0 aromatic heterocycles. The summed E-state index contributed by atoms with van der Waals surface area (Å²) in [6, 6.07) is 0. The highest BCUT2D eigenvalue weighted by atomic mass is 16.3. The van der Waals surface area contributed by atoms with E-state index in [0.717, 1.165) is 5.92 Å². The highest BCUT2D eigenvalue weighted by Crippen LogP contribution is 2.09. The average molecular weight is 204 g/mol. The standard InChI is InChI=1S/C8H18.C3H8O.C2H6/c1-4-6-7-8(3)5-2;1-3(2)4;1-2/h8H,4-7H2,1-3H3;3-4H,1-2H3;1-2H3. The van der Waals surface area contributed by atoms with Crippen LogP contribution in [0.2, 0.25) is 0 Å². The lowest BCUT2D eigenvalue weighted by atomic mass is 10.0. The Morgan fingerprint density at radius 2 is 1.36 bits per heavy atom. The summed E-state index contributed by atoms with van der Waals surface area (Å²) in [5.41, 5.74) is 0. The summed E-state index contributed by atoms with van der Waals surface area (Å²) in [4.78, 5) is 0. The van der Waals surface area contributed by atoms with E-state index in [1.807, 2.05) is 13.8 Å². The van der Waals surface area contributed by atoms with Gasteiger partial charge >= 0.3 is 0 Å². The molecule has 0 aliphatic rings. The molecule has 14 heavy (non-hydrogen) atoms. The predicted molar refractivity (Wildman–Crippen MR) is 67.7 cm³/mol. The maximum atomic E-state index is 8.06. The van der Waals surface area contributed by atoms with E-state index in [1.54, 1.807) is 13.8 Å². The van der Waals surface area contributed by atoms with Crippen molar-refractivity contribution in [1.29, 1.82) is 0 Å². The number of unbranched alkanes of at least 4 members (excludes halogenated alkanes) is 1. The van der Waals surface area contributed by atoms with Crippen molar-refractivity contribution >= 4 is 0 Å². The van der Waals surface area contributed by atoms with Crippen LogP contribution in [0.1, 0.15) is 74.1 Å². The van der Waals surface area contributed by atoms with E-state index in [4.69, 9.17) is 5.11 Å². The molecule has 0 bridgehead atoms. The molecule has 90 valence electrons. The van der Waals surface area contributed by atoms with Crippen molar-refractivity contribution in [3.8, 4) is 0 Å². The second-order valence-electron chi connectivity index (χ2n) is 3.75. The van der Waals surface area contributed by atoms with Crippen molar-refractivity contribution in [3.63, 3.8) is 0 Å². The number of hydrogen-bond acceptors (Lipinski definition) is 1. The Labute approximate surface area is 91.9 Å². The monoisotopic (exact) mass is 204 g/mol. The van der Waals surface area contributed by atoms with Gasteiger partial charge in [-0.3, -0.25) is 0 Å². The van der Waals surface area contributed by atoms with E-state index < -0.39 is 0 Å². The van der Waals surface area contributed by atoms with Gasteiger partial charge in [-0.25, -0.2) is 0 Å². The predicted octanol–water partition coefficient (Wildman–Crippen LogP) is 4.64. The molecule has 0 aromatic rings. The summed E-state index contributed by atoms with van der Waals surface area (Å²) >= 11 is 0. The van der Waals surface area contributed by atoms with Gasteiger partial charge in [-0.15, -0.1) is 0 Å². The first kappa shape index (κ1) is 19.5. The summed E-state index contributed by atoms with van der Waals surface area (Å²) in [7, 11) is 0. The first-order valence-corrected chi connectivity index (χ1v) is 6.22. The smallest absolute Gasteiger partial charge is 0.0483 e. The minimum absolute atomic E-state index is 0.167. The quantitative estimate of drug-likeness (QED) is 0.707. The molecule has 0 rings (SSSR count). The Balaban J connectivity index is -0.000000170. The molecule has 0 aliphatic carbocycles. The van der Waals surface area contributed by atoms with Crippen LogP contribution in [-0.4, -0.2) is 11.2 Å². The lowest BCUT2D eigenvalue weighted by Crippen LogP contribution is -1.89. The molecule has 0 fully saturated rings. The average Bonchev–Trinajstić information content (AvgIpc) is 2.16. The van der Waals surface area contributed by atoms with Gasteiger partial charge in [0.05, 0.1) is 0 Å². The summed E-state index contributed by atoms with van der Waals surface area (Å²) in [6.07, 6.45) is 5.37.